The highest BCUT2D eigenvalue weighted by atomic mass is 16.7. The Morgan fingerprint density at radius 2 is 0.588 bits per heavy atom. The smallest absolute Gasteiger partial charge is 0.306 e. The number of likely N-dealkylation sites (N-methyl/N-ethyl adjacent to an activating group) is 1. The summed E-state index contributed by atoms with van der Waals surface area (Å²) in [6.07, 6.45) is 104. The first kappa shape index (κ1) is 93.5. The Bertz CT molecular complexity index is 1870. The summed E-state index contributed by atoms with van der Waals surface area (Å²) in [5, 5.41) is 11.9. The van der Waals surface area contributed by atoms with Crippen molar-refractivity contribution in [2.45, 2.75) is 411 Å². The molecule has 564 valence electrons. The molecule has 0 N–H and O–H groups in total. The molecule has 0 aromatic carbocycles. The highest BCUT2D eigenvalue weighted by molar-refractivity contribution is 5.70. The van der Waals surface area contributed by atoms with Crippen LogP contribution in [0.4, 0.5) is 0 Å². The minimum absolute atomic E-state index is 0.146. The average molecular weight is 1360 g/mol. The fourth-order valence-corrected chi connectivity index (χ4v) is 12.3. The quantitative estimate of drug-likeness (QED) is 0.0195. The van der Waals surface area contributed by atoms with Crippen molar-refractivity contribution in [1.29, 1.82) is 0 Å². The third-order valence-electron chi connectivity index (χ3n) is 18.6. The van der Waals surface area contributed by atoms with Crippen LogP contribution in [-0.4, -0.2) is 82.3 Å². The summed E-state index contributed by atoms with van der Waals surface area (Å²) < 4.78 is 22.9. The number of nitrogens with zero attached hydrogens (tertiary/aromatic N) is 1. The molecule has 0 saturated carbocycles. The molecule has 0 saturated heterocycles. The topological polar surface area (TPSA) is 111 Å². The Labute approximate surface area is 601 Å². The van der Waals surface area contributed by atoms with Gasteiger partial charge in [-0.3, -0.25) is 9.59 Å². The molecule has 0 aromatic rings. The predicted octanol–water partition coefficient (Wildman–Crippen LogP) is 25.6. The minimum atomic E-state index is -1.63. The standard InChI is InChI=1S/C88H159NO8/c1-6-8-10-12-14-16-18-20-22-24-26-28-30-32-34-36-38-39-40-41-42-43-44-45-46-47-49-50-52-54-56-58-60-62-64-66-68-70-72-74-76-78-85(90)95-82-84(83-96-88(87(92)93)94-81-80-89(3,4)5)97-86(91)79-77-75-73-71-69-67-65-63-61-59-57-55-53-51-48-37-35-33-31-29-27-25-23-21-19-17-15-13-11-9-7-2/h9,11,15,17,21,23-24,26-27,29,33,35,48,51,84,88H,6-8,10,12-14,16,18-20,22,25,28,30-32,34,36-47,49-50,52-83H2,1-5H3/b11-9-,17-15-,23-21-,26-24-,29-27-,35-33-,51-48-. The van der Waals surface area contributed by atoms with E-state index in [2.05, 4.69) is 98.9 Å². The number of carbonyl (C=O) groups is 3. The van der Waals surface area contributed by atoms with Gasteiger partial charge in [-0.2, -0.15) is 0 Å². The number of rotatable bonds is 78. The number of esters is 2. The SMILES string of the molecule is CC/C=C\C/C=C\C/C=C\C/C=C\C/C=C\C/C=C\CCCCCCCCCCCCCCC(=O)OC(COC(=O)CCCCCCCCCCCCCCCCCCCCCCCCCCCCCCC/C=C\CCCCCCCCCC)COC(OCC[N+](C)(C)C)C(=O)[O-]. The molecule has 0 aliphatic carbocycles. The third kappa shape index (κ3) is 79.7. The summed E-state index contributed by atoms with van der Waals surface area (Å²) in [6, 6.07) is 0. The summed E-state index contributed by atoms with van der Waals surface area (Å²) >= 11 is 0. The Morgan fingerprint density at radius 3 is 0.887 bits per heavy atom. The molecule has 2 unspecified atom stereocenters. The number of ether oxygens (including phenoxy) is 4. The Balaban J connectivity index is 3.95. The van der Waals surface area contributed by atoms with Crippen molar-refractivity contribution >= 4 is 17.9 Å². The number of unbranched alkanes of at least 4 members (excludes halogenated alkanes) is 49. The second-order valence-electron chi connectivity index (χ2n) is 29.4. The van der Waals surface area contributed by atoms with Gasteiger partial charge in [0.25, 0.3) is 0 Å². The zero-order valence-electron chi connectivity index (χ0n) is 64.7. The summed E-state index contributed by atoms with van der Waals surface area (Å²) in [6.45, 7) is 4.69. The van der Waals surface area contributed by atoms with Crippen LogP contribution in [0.3, 0.4) is 0 Å². The minimum Gasteiger partial charge on any atom is -0.545 e. The van der Waals surface area contributed by atoms with Gasteiger partial charge in [-0.15, -0.1) is 0 Å². The maximum absolute atomic E-state index is 13.0. The van der Waals surface area contributed by atoms with Gasteiger partial charge in [0.2, 0.25) is 0 Å². The fraction of sp³-hybridized carbons (Fsp3) is 0.807. The Hall–Kier alpha value is -3.53. The lowest BCUT2D eigenvalue weighted by molar-refractivity contribution is -0.870. The molecule has 97 heavy (non-hydrogen) atoms. The summed E-state index contributed by atoms with van der Waals surface area (Å²) in [7, 11) is 5.94. The van der Waals surface area contributed by atoms with Gasteiger partial charge < -0.3 is 33.3 Å². The number of carboxylic acids is 1. The van der Waals surface area contributed by atoms with Crippen LogP contribution in [0, 0.1) is 0 Å². The molecule has 9 heteroatoms. The zero-order valence-corrected chi connectivity index (χ0v) is 64.7. The molecule has 0 radical (unpaired) electrons. The maximum Gasteiger partial charge on any atom is 0.306 e. The fourth-order valence-electron chi connectivity index (χ4n) is 12.3. The van der Waals surface area contributed by atoms with E-state index in [0.29, 0.717) is 23.9 Å². The number of hydrogen-bond acceptors (Lipinski definition) is 8. The molecule has 9 nitrogen and oxygen atoms in total. The van der Waals surface area contributed by atoms with Crippen molar-refractivity contribution < 1.29 is 42.9 Å². The van der Waals surface area contributed by atoms with Crippen LogP contribution in [0.1, 0.15) is 399 Å². The van der Waals surface area contributed by atoms with Crippen LogP contribution >= 0.6 is 0 Å². The number of quaternary nitrogens is 1. The first-order valence-corrected chi connectivity index (χ1v) is 41.7. The molecular weight excluding hydrogens is 1200 g/mol. The Morgan fingerprint density at radius 1 is 0.320 bits per heavy atom. The lowest BCUT2D eigenvalue weighted by Gasteiger charge is -2.26. The van der Waals surface area contributed by atoms with Gasteiger partial charge >= 0.3 is 11.9 Å². The second-order valence-corrected chi connectivity index (χ2v) is 29.4. The molecule has 2 atom stereocenters. The van der Waals surface area contributed by atoms with Gasteiger partial charge in [0, 0.05) is 12.8 Å². The van der Waals surface area contributed by atoms with Crippen molar-refractivity contribution in [3.05, 3.63) is 85.1 Å². The van der Waals surface area contributed by atoms with Crippen LogP contribution in [0.5, 0.6) is 0 Å². The molecule has 0 spiro atoms. The molecule has 0 amide bonds. The van der Waals surface area contributed by atoms with E-state index in [0.717, 1.165) is 77.0 Å². The molecule has 0 rings (SSSR count). The highest BCUT2D eigenvalue weighted by Gasteiger charge is 2.22. The van der Waals surface area contributed by atoms with E-state index < -0.39 is 24.3 Å². The summed E-state index contributed by atoms with van der Waals surface area (Å²) in [5.41, 5.74) is 0. The second kappa shape index (κ2) is 78.2. The van der Waals surface area contributed by atoms with Crippen LogP contribution in [0.25, 0.3) is 0 Å². The normalized spacial score (nSPS) is 13.0. The summed E-state index contributed by atoms with van der Waals surface area (Å²) in [4.78, 5) is 37.6. The van der Waals surface area contributed by atoms with Crippen LogP contribution in [0.2, 0.25) is 0 Å². The van der Waals surface area contributed by atoms with Crippen molar-refractivity contribution in [2.75, 3.05) is 47.5 Å². The Kier molecular flexibility index (Phi) is 75.3. The highest BCUT2D eigenvalue weighted by Crippen LogP contribution is 2.20. The number of allylic oxidation sites excluding steroid dienone is 14. The van der Waals surface area contributed by atoms with E-state index in [1.54, 1.807) is 0 Å². The molecule has 0 bridgehead atoms. The molecule has 0 aromatic heterocycles. The van der Waals surface area contributed by atoms with Crippen molar-refractivity contribution in [1.82, 2.24) is 0 Å². The number of aliphatic carboxylic acids is 1. The lowest BCUT2D eigenvalue weighted by Crippen LogP contribution is -2.44. The third-order valence-corrected chi connectivity index (χ3v) is 18.6. The molecule has 0 heterocycles. The average Bonchev–Trinajstić information content (AvgIpc) is 2.39. The van der Waals surface area contributed by atoms with Gasteiger partial charge in [-0.1, -0.05) is 381 Å². The van der Waals surface area contributed by atoms with Crippen LogP contribution in [-0.2, 0) is 33.3 Å². The largest absolute Gasteiger partial charge is 0.545 e. The van der Waals surface area contributed by atoms with E-state index >= 15 is 0 Å². The number of carboxylic acid groups (broad SMARTS) is 1. The van der Waals surface area contributed by atoms with E-state index in [1.807, 2.05) is 21.1 Å². The maximum atomic E-state index is 13.0. The van der Waals surface area contributed by atoms with Gasteiger partial charge in [0.15, 0.2) is 12.4 Å². The number of hydrogen-bond donors (Lipinski definition) is 0. The van der Waals surface area contributed by atoms with Crippen LogP contribution < -0.4 is 5.11 Å². The lowest BCUT2D eigenvalue weighted by atomic mass is 10.0. The van der Waals surface area contributed by atoms with Gasteiger partial charge in [0.05, 0.1) is 40.3 Å². The van der Waals surface area contributed by atoms with E-state index in [1.165, 1.54) is 289 Å². The van der Waals surface area contributed by atoms with E-state index in [9.17, 15) is 19.5 Å². The van der Waals surface area contributed by atoms with E-state index in [4.69, 9.17) is 18.9 Å². The molecule has 0 fully saturated rings. The summed E-state index contributed by atoms with van der Waals surface area (Å²) in [5.74, 6) is -2.27. The van der Waals surface area contributed by atoms with Crippen molar-refractivity contribution in [2.24, 2.45) is 0 Å². The van der Waals surface area contributed by atoms with Gasteiger partial charge in [0.1, 0.15) is 13.2 Å². The van der Waals surface area contributed by atoms with Crippen molar-refractivity contribution in [3.8, 4) is 0 Å². The zero-order chi connectivity index (χ0) is 70.4. The van der Waals surface area contributed by atoms with Crippen LogP contribution in [0.15, 0.2) is 85.1 Å². The van der Waals surface area contributed by atoms with E-state index in [-0.39, 0.29) is 32.2 Å². The molecule has 0 aliphatic rings. The van der Waals surface area contributed by atoms with Gasteiger partial charge in [-0.25, -0.2) is 0 Å². The first-order valence-electron chi connectivity index (χ1n) is 41.7. The first-order chi connectivity index (χ1) is 47.6. The molecule has 0 aliphatic heterocycles. The van der Waals surface area contributed by atoms with Crippen molar-refractivity contribution in [3.63, 3.8) is 0 Å². The number of carbonyl (C=O) groups excluding carboxylic acids is 3. The van der Waals surface area contributed by atoms with Gasteiger partial charge in [-0.05, 0) is 89.9 Å². The molecular formula is C88H159NO8. The monoisotopic (exact) mass is 1360 g/mol. The predicted molar refractivity (Wildman–Crippen MR) is 417 cm³/mol.